The number of hydrogen-bond acceptors (Lipinski definition) is 3. The number of nitrogens with zero attached hydrogens (tertiary/aromatic N) is 1. The molecule has 4 nitrogen and oxygen atoms in total. The lowest BCUT2D eigenvalue weighted by Gasteiger charge is -2.33. The second-order valence-corrected chi connectivity index (χ2v) is 5.92. The second-order valence-electron chi connectivity index (χ2n) is 5.92. The van der Waals surface area contributed by atoms with Gasteiger partial charge in [-0.05, 0) is 37.8 Å². The molecule has 1 saturated carbocycles. The van der Waals surface area contributed by atoms with Gasteiger partial charge in [0.05, 0.1) is 0 Å². The van der Waals surface area contributed by atoms with Crippen molar-refractivity contribution in [2.24, 2.45) is 5.73 Å². The Balaban J connectivity index is 1.77. The topological polar surface area (TPSA) is 58.4 Å². The third kappa shape index (κ3) is 2.45. The van der Waals surface area contributed by atoms with E-state index in [0.717, 1.165) is 25.8 Å². The molecule has 0 radical (unpaired) electrons. The fraction of sp³-hybridized carbons (Fsp3) is 0.533. The largest absolute Gasteiger partial charge is 0.369 e. The van der Waals surface area contributed by atoms with Crippen molar-refractivity contribution in [1.29, 1.82) is 0 Å². The molecule has 102 valence electrons. The summed E-state index contributed by atoms with van der Waals surface area (Å²) in [5.74, 6) is -0.260. The standard InChI is InChI=1S/C15H21N3O/c1-15(14(16)19,17-12-6-7-12)10-18-9-8-11-4-2-3-5-13(11)18/h2-5,12,17H,6-10H2,1H3,(H2,16,19). The number of carbonyl (C=O) groups excluding carboxylic acids is 1. The molecule has 1 aromatic rings. The number of para-hydroxylation sites is 1. The van der Waals surface area contributed by atoms with Gasteiger partial charge in [-0.1, -0.05) is 18.2 Å². The van der Waals surface area contributed by atoms with Crippen molar-refractivity contribution in [3.05, 3.63) is 29.8 Å². The van der Waals surface area contributed by atoms with E-state index in [2.05, 4.69) is 28.4 Å². The van der Waals surface area contributed by atoms with Crippen LogP contribution in [0.1, 0.15) is 25.3 Å². The molecule has 0 aromatic heterocycles. The molecule has 19 heavy (non-hydrogen) atoms. The number of nitrogens with two attached hydrogens (primary N) is 1. The highest BCUT2D eigenvalue weighted by Crippen LogP contribution is 2.30. The summed E-state index contributed by atoms with van der Waals surface area (Å²) in [5.41, 5.74) is 7.58. The average Bonchev–Trinajstić information content (AvgIpc) is 3.10. The Hall–Kier alpha value is -1.55. The molecular formula is C15H21N3O. The van der Waals surface area contributed by atoms with Crippen molar-refractivity contribution < 1.29 is 4.79 Å². The van der Waals surface area contributed by atoms with Gasteiger partial charge >= 0.3 is 0 Å². The molecule has 2 aliphatic rings. The van der Waals surface area contributed by atoms with Gasteiger partial charge in [-0.2, -0.15) is 0 Å². The van der Waals surface area contributed by atoms with E-state index in [9.17, 15) is 4.79 Å². The van der Waals surface area contributed by atoms with Gasteiger partial charge in [-0.25, -0.2) is 0 Å². The Labute approximate surface area is 114 Å². The predicted octanol–water partition coefficient (Wildman–Crippen LogP) is 1.05. The number of nitrogens with one attached hydrogen (secondary N) is 1. The summed E-state index contributed by atoms with van der Waals surface area (Å²) in [6, 6.07) is 8.87. The van der Waals surface area contributed by atoms with Gasteiger partial charge in [0, 0.05) is 24.8 Å². The summed E-state index contributed by atoms with van der Waals surface area (Å²) >= 11 is 0. The molecule has 3 rings (SSSR count). The highest BCUT2D eigenvalue weighted by atomic mass is 16.1. The van der Waals surface area contributed by atoms with E-state index in [0.29, 0.717) is 12.6 Å². The van der Waals surface area contributed by atoms with Gasteiger partial charge < -0.3 is 10.6 Å². The first-order chi connectivity index (χ1) is 9.08. The van der Waals surface area contributed by atoms with Gasteiger partial charge in [-0.15, -0.1) is 0 Å². The predicted molar refractivity (Wildman–Crippen MR) is 76.1 cm³/mol. The molecule has 3 N–H and O–H groups in total. The van der Waals surface area contributed by atoms with E-state index in [4.69, 9.17) is 5.73 Å². The van der Waals surface area contributed by atoms with Crippen LogP contribution < -0.4 is 16.0 Å². The van der Waals surface area contributed by atoms with Crippen LogP contribution >= 0.6 is 0 Å². The lowest BCUT2D eigenvalue weighted by molar-refractivity contribution is -0.123. The van der Waals surface area contributed by atoms with Crippen molar-refractivity contribution in [2.45, 2.75) is 37.8 Å². The van der Waals surface area contributed by atoms with Crippen LogP contribution in [-0.4, -0.2) is 30.6 Å². The van der Waals surface area contributed by atoms with Crippen LogP contribution in [0.5, 0.6) is 0 Å². The number of fused-ring (bicyclic) bond motifs is 1. The number of primary amides is 1. The van der Waals surface area contributed by atoms with E-state index in [1.165, 1.54) is 11.3 Å². The molecule has 0 saturated heterocycles. The van der Waals surface area contributed by atoms with Crippen molar-refractivity contribution in [3.8, 4) is 0 Å². The highest BCUT2D eigenvalue weighted by molar-refractivity contribution is 5.85. The van der Waals surface area contributed by atoms with Crippen molar-refractivity contribution in [2.75, 3.05) is 18.0 Å². The maximum Gasteiger partial charge on any atom is 0.239 e. The molecule has 1 aliphatic carbocycles. The third-order valence-corrected chi connectivity index (χ3v) is 4.13. The summed E-state index contributed by atoms with van der Waals surface area (Å²) in [6.07, 6.45) is 3.35. The molecule has 1 atom stereocenters. The number of amides is 1. The number of carbonyl (C=O) groups is 1. The first-order valence-electron chi connectivity index (χ1n) is 6.99. The lowest BCUT2D eigenvalue weighted by Crippen LogP contribution is -2.60. The summed E-state index contributed by atoms with van der Waals surface area (Å²) in [5, 5.41) is 3.41. The van der Waals surface area contributed by atoms with E-state index < -0.39 is 5.54 Å². The fourth-order valence-electron chi connectivity index (χ4n) is 2.83. The van der Waals surface area contributed by atoms with E-state index in [1.807, 2.05) is 13.0 Å². The summed E-state index contributed by atoms with van der Waals surface area (Å²) < 4.78 is 0. The van der Waals surface area contributed by atoms with Gasteiger partial charge in [0.1, 0.15) is 5.54 Å². The Kier molecular flexibility index (Phi) is 2.97. The Morgan fingerprint density at radius 2 is 2.21 bits per heavy atom. The minimum absolute atomic E-state index is 0.260. The van der Waals surface area contributed by atoms with Crippen LogP contribution in [0.15, 0.2) is 24.3 Å². The number of benzene rings is 1. The lowest BCUT2D eigenvalue weighted by atomic mass is 10.0. The van der Waals surface area contributed by atoms with Gasteiger partial charge in [0.2, 0.25) is 5.91 Å². The van der Waals surface area contributed by atoms with E-state index in [1.54, 1.807) is 0 Å². The molecule has 1 fully saturated rings. The minimum atomic E-state index is -0.640. The van der Waals surface area contributed by atoms with Gasteiger partial charge in [0.15, 0.2) is 0 Å². The number of hydrogen-bond donors (Lipinski definition) is 2. The Morgan fingerprint density at radius 1 is 1.47 bits per heavy atom. The van der Waals surface area contributed by atoms with Crippen LogP contribution in [0.2, 0.25) is 0 Å². The molecule has 1 aliphatic heterocycles. The molecular weight excluding hydrogens is 238 g/mol. The zero-order chi connectivity index (χ0) is 13.5. The fourth-order valence-corrected chi connectivity index (χ4v) is 2.83. The zero-order valence-electron chi connectivity index (χ0n) is 11.4. The second kappa shape index (κ2) is 4.53. The average molecular weight is 259 g/mol. The first-order valence-corrected chi connectivity index (χ1v) is 6.99. The van der Waals surface area contributed by atoms with Crippen LogP contribution in [0, 0.1) is 0 Å². The molecule has 0 bridgehead atoms. The van der Waals surface area contributed by atoms with Gasteiger partial charge in [0.25, 0.3) is 0 Å². The third-order valence-electron chi connectivity index (χ3n) is 4.13. The Bertz CT molecular complexity index is 498. The monoisotopic (exact) mass is 259 g/mol. The van der Waals surface area contributed by atoms with Crippen molar-refractivity contribution >= 4 is 11.6 Å². The zero-order valence-corrected chi connectivity index (χ0v) is 11.4. The van der Waals surface area contributed by atoms with Crippen LogP contribution in [-0.2, 0) is 11.2 Å². The van der Waals surface area contributed by atoms with E-state index in [-0.39, 0.29) is 5.91 Å². The normalized spacial score (nSPS) is 21.0. The molecule has 0 spiro atoms. The maximum atomic E-state index is 11.8. The van der Waals surface area contributed by atoms with Crippen LogP contribution in [0.25, 0.3) is 0 Å². The molecule has 1 amide bonds. The molecule has 1 aromatic carbocycles. The van der Waals surface area contributed by atoms with E-state index >= 15 is 0 Å². The van der Waals surface area contributed by atoms with Gasteiger partial charge in [-0.3, -0.25) is 10.1 Å². The summed E-state index contributed by atoms with van der Waals surface area (Å²) in [4.78, 5) is 14.1. The first kappa shape index (κ1) is 12.5. The molecule has 1 heterocycles. The molecule has 1 unspecified atom stereocenters. The number of rotatable bonds is 5. The quantitative estimate of drug-likeness (QED) is 0.831. The summed E-state index contributed by atoms with van der Waals surface area (Å²) in [6.45, 7) is 3.54. The van der Waals surface area contributed by atoms with Crippen LogP contribution in [0.4, 0.5) is 5.69 Å². The summed E-state index contributed by atoms with van der Waals surface area (Å²) in [7, 11) is 0. The van der Waals surface area contributed by atoms with Crippen molar-refractivity contribution in [1.82, 2.24) is 5.32 Å². The Morgan fingerprint density at radius 3 is 2.89 bits per heavy atom. The number of anilines is 1. The smallest absolute Gasteiger partial charge is 0.239 e. The van der Waals surface area contributed by atoms with Crippen LogP contribution in [0.3, 0.4) is 0 Å². The minimum Gasteiger partial charge on any atom is -0.369 e. The highest BCUT2D eigenvalue weighted by Gasteiger charge is 2.39. The SMILES string of the molecule is CC(CN1CCc2ccccc21)(NC1CC1)C(N)=O. The maximum absolute atomic E-state index is 11.8. The van der Waals surface area contributed by atoms with Crippen molar-refractivity contribution in [3.63, 3.8) is 0 Å². The molecule has 4 heteroatoms.